The first-order valence-corrected chi connectivity index (χ1v) is 6.01. The van der Waals surface area contributed by atoms with E-state index in [4.69, 9.17) is 4.74 Å². The highest BCUT2D eigenvalue weighted by Gasteiger charge is 2.23. The molecular weight excluding hydrogens is 210 g/mol. The van der Waals surface area contributed by atoms with E-state index in [0.29, 0.717) is 6.54 Å². The van der Waals surface area contributed by atoms with E-state index in [0.717, 1.165) is 12.2 Å². The second-order valence-electron chi connectivity index (χ2n) is 4.84. The van der Waals surface area contributed by atoms with Gasteiger partial charge in [-0.1, -0.05) is 0 Å². The SMILES string of the molecule is CC(C)N(CCCS)C(=O)OC(C)(C)C. The molecule has 0 radical (unpaired) electrons. The fourth-order valence-corrected chi connectivity index (χ4v) is 1.26. The quantitative estimate of drug-likeness (QED) is 0.757. The highest BCUT2D eigenvalue weighted by atomic mass is 32.1. The van der Waals surface area contributed by atoms with Crippen LogP contribution < -0.4 is 0 Å². The Morgan fingerprint density at radius 3 is 2.27 bits per heavy atom. The third-order valence-electron chi connectivity index (χ3n) is 1.81. The lowest BCUT2D eigenvalue weighted by atomic mass is 10.2. The van der Waals surface area contributed by atoms with Gasteiger partial charge in [-0.3, -0.25) is 0 Å². The van der Waals surface area contributed by atoms with Crippen LogP contribution in [-0.2, 0) is 4.74 Å². The van der Waals surface area contributed by atoms with Crippen molar-refractivity contribution in [1.82, 2.24) is 4.90 Å². The fraction of sp³-hybridized carbons (Fsp3) is 0.909. The Morgan fingerprint density at radius 2 is 1.93 bits per heavy atom. The van der Waals surface area contributed by atoms with Crippen molar-refractivity contribution in [2.75, 3.05) is 12.3 Å². The lowest BCUT2D eigenvalue weighted by Gasteiger charge is -2.30. The van der Waals surface area contributed by atoms with Crippen molar-refractivity contribution in [2.45, 2.75) is 52.7 Å². The largest absolute Gasteiger partial charge is 0.444 e. The molecule has 0 aromatic rings. The van der Waals surface area contributed by atoms with Crippen LogP contribution in [0.1, 0.15) is 41.0 Å². The maximum atomic E-state index is 11.8. The summed E-state index contributed by atoms with van der Waals surface area (Å²) in [7, 11) is 0. The Kier molecular flexibility index (Phi) is 6.10. The zero-order valence-corrected chi connectivity index (χ0v) is 11.3. The molecule has 0 saturated heterocycles. The zero-order chi connectivity index (χ0) is 12.1. The van der Waals surface area contributed by atoms with Crippen molar-refractivity contribution >= 4 is 18.7 Å². The Hall–Kier alpha value is -0.380. The predicted octanol–water partition coefficient (Wildman–Crippen LogP) is 2.95. The van der Waals surface area contributed by atoms with E-state index < -0.39 is 5.60 Å². The molecule has 4 heteroatoms. The standard InChI is InChI=1S/C11H23NO2S/c1-9(2)12(7-6-8-15)10(13)14-11(3,4)5/h9,15H,6-8H2,1-5H3. The minimum atomic E-state index is -0.425. The first-order valence-electron chi connectivity index (χ1n) is 5.38. The molecule has 3 nitrogen and oxygen atoms in total. The number of carbonyl (C=O) groups is 1. The highest BCUT2D eigenvalue weighted by molar-refractivity contribution is 7.80. The van der Waals surface area contributed by atoms with Gasteiger partial charge in [0.25, 0.3) is 0 Å². The number of thiol groups is 1. The maximum Gasteiger partial charge on any atom is 0.410 e. The predicted molar refractivity (Wildman–Crippen MR) is 66.5 cm³/mol. The first-order chi connectivity index (χ1) is 6.78. The van der Waals surface area contributed by atoms with E-state index in [1.165, 1.54) is 0 Å². The van der Waals surface area contributed by atoms with Crippen molar-refractivity contribution in [3.05, 3.63) is 0 Å². The van der Waals surface area contributed by atoms with Gasteiger partial charge in [-0.2, -0.15) is 12.6 Å². The molecule has 0 fully saturated rings. The molecule has 1 amide bonds. The van der Waals surface area contributed by atoms with Gasteiger partial charge in [0.1, 0.15) is 5.60 Å². The van der Waals surface area contributed by atoms with Gasteiger partial charge in [-0.25, -0.2) is 4.79 Å². The van der Waals surface area contributed by atoms with Crippen LogP contribution in [0.15, 0.2) is 0 Å². The average Bonchev–Trinajstić information content (AvgIpc) is 2.00. The summed E-state index contributed by atoms with van der Waals surface area (Å²) in [5, 5.41) is 0. The van der Waals surface area contributed by atoms with Gasteiger partial charge >= 0.3 is 6.09 Å². The molecule has 0 spiro atoms. The van der Waals surface area contributed by atoms with Gasteiger partial charge in [-0.05, 0) is 46.8 Å². The maximum absolute atomic E-state index is 11.8. The molecule has 0 aliphatic rings. The lowest BCUT2D eigenvalue weighted by molar-refractivity contribution is 0.0192. The van der Waals surface area contributed by atoms with Crippen LogP contribution in [-0.4, -0.2) is 34.9 Å². The molecule has 0 aromatic carbocycles. The smallest absolute Gasteiger partial charge is 0.410 e. The first kappa shape index (κ1) is 14.6. The molecule has 0 atom stereocenters. The van der Waals surface area contributed by atoms with Gasteiger partial charge < -0.3 is 9.64 Å². The van der Waals surface area contributed by atoms with Gasteiger partial charge in [0.05, 0.1) is 0 Å². The molecule has 0 saturated carbocycles. The molecule has 0 aliphatic heterocycles. The van der Waals surface area contributed by atoms with Crippen molar-refractivity contribution < 1.29 is 9.53 Å². The third-order valence-corrected chi connectivity index (χ3v) is 2.12. The zero-order valence-electron chi connectivity index (χ0n) is 10.4. The summed E-state index contributed by atoms with van der Waals surface area (Å²) >= 11 is 4.14. The molecule has 0 aliphatic carbocycles. The summed E-state index contributed by atoms with van der Waals surface area (Å²) in [6.45, 7) is 10.3. The van der Waals surface area contributed by atoms with E-state index in [2.05, 4.69) is 12.6 Å². The summed E-state index contributed by atoms with van der Waals surface area (Å²) in [6, 6.07) is 0.166. The van der Waals surface area contributed by atoms with Crippen LogP contribution in [0.3, 0.4) is 0 Å². The van der Waals surface area contributed by atoms with Crippen molar-refractivity contribution in [3.63, 3.8) is 0 Å². The summed E-state index contributed by atoms with van der Waals surface area (Å²) in [4.78, 5) is 13.5. The van der Waals surface area contributed by atoms with E-state index in [1.807, 2.05) is 34.6 Å². The molecule has 0 heterocycles. The van der Waals surface area contributed by atoms with Crippen LogP contribution in [0, 0.1) is 0 Å². The molecular formula is C11H23NO2S. The Labute approximate surface area is 98.6 Å². The third kappa shape index (κ3) is 6.66. The second kappa shape index (κ2) is 6.26. The number of rotatable bonds is 4. The fourth-order valence-electron chi connectivity index (χ4n) is 1.12. The summed E-state index contributed by atoms with van der Waals surface area (Å²) < 4.78 is 5.32. The van der Waals surface area contributed by atoms with Crippen LogP contribution in [0.25, 0.3) is 0 Å². The van der Waals surface area contributed by atoms with E-state index in [1.54, 1.807) is 4.90 Å². The Balaban J connectivity index is 4.29. The molecule has 0 bridgehead atoms. The number of carbonyl (C=O) groups excluding carboxylic acids is 1. The number of hydrogen-bond donors (Lipinski definition) is 1. The summed E-state index contributed by atoms with van der Waals surface area (Å²) in [6.07, 6.45) is 0.653. The molecule has 0 unspecified atom stereocenters. The highest BCUT2D eigenvalue weighted by Crippen LogP contribution is 2.12. The van der Waals surface area contributed by atoms with Crippen molar-refractivity contribution in [2.24, 2.45) is 0 Å². The Bertz CT molecular complexity index is 199. The van der Waals surface area contributed by atoms with Crippen LogP contribution in [0.2, 0.25) is 0 Å². The number of ether oxygens (including phenoxy) is 1. The molecule has 0 N–H and O–H groups in total. The number of hydrogen-bond acceptors (Lipinski definition) is 3. The minimum absolute atomic E-state index is 0.166. The second-order valence-corrected chi connectivity index (χ2v) is 5.29. The van der Waals surface area contributed by atoms with E-state index >= 15 is 0 Å². The Morgan fingerprint density at radius 1 is 1.40 bits per heavy atom. The summed E-state index contributed by atoms with van der Waals surface area (Å²) in [5.74, 6) is 0.784. The van der Waals surface area contributed by atoms with Crippen LogP contribution in [0.4, 0.5) is 4.79 Å². The van der Waals surface area contributed by atoms with Crippen molar-refractivity contribution in [3.8, 4) is 0 Å². The van der Waals surface area contributed by atoms with Gasteiger partial charge in [0.2, 0.25) is 0 Å². The molecule has 15 heavy (non-hydrogen) atoms. The minimum Gasteiger partial charge on any atom is -0.444 e. The van der Waals surface area contributed by atoms with Gasteiger partial charge in [0.15, 0.2) is 0 Å². The molecule has 0 rings (SSSR count). The van der Waals surface area contributed by atoms with E-state index in [9.17, 15) is 4.79 Å². The number of nitrogens with zero attached hydrogens (tertiary/aromatic N) is 1. The monoisotopic (exact) mass is 233 g/mol. The van der Waals surface area contributed by atoms with Crippen LogP contribution >= 0.6 is 12.6 Å². The van der Waals surface area contributed by atoms with Gasteiger partial charge in [0, 0.05) is 12.6 Å². The van der Waals surface area contributed by atoms with E-state index in [-0.39, 0.29) is 12.1 Å². The lowest BCUT2D eigenvalue weighted by Crippen LogP contribution is -2.41. The van der Waals surface area contributed by atoms with Crippen LogP contribution in [0.5, 0.6) is 0 Å². The summed E-state index contributed by atoms with van der Waals surface area (Å²) in [5.41, 5.74) is -0.425. The molecule has 90 valence electrons. The average molecular weight is 233 g/mol. The topological polar surface area (TPSA) is 29.5 Å². The molecule has 0 aromatic heterocycles. The van der Waals surface area contributed by atoms with Gasteiger partial charge in [-0.15, -0.1) is 0 Å². The number of amides is 1. The van der Waals surface area contributed by atoms with Crippen molar-refractivity contribution in [1.29, 1.82) is 0 Å². The normalized spacial score (nSPS) is 11.7.